The summed E-state index contributed by atoms with van der Waals surface area (Å²) in [5.74, 6) is -0.148. The molecule has 0 fully saturated rings. The van der Waals surface area contributed by atoms with Crippen molar-refractivity contribution in [1.82, 2.24) is 0 Å². The summed E-state index contributed by atoms with van der Waals surface area (Å²) in [5, 5.41) is 16.5. The van der Waals surface area contributed by atoms with Gasteiger partial charge in [0.15, 0.2) is 0 Å². The Hall–Kier alpha value is -2.44. The molecule has 0 aliphatic carbocycles. The van der Waals surface area contributed by atoms with Gasteiger partial charge in [-0.1, -0.05) is 12.1 Å². The monoisotopic (exact) mass is 208 g/mol. The van der Waals surface area contributed by atoms with Crippen molar-refractivity contribution in [2.24, 2.45) is 16.6 Å². The summed E-state index contributed by atoms with van der Waals surface area (Å²) >= 11 is 0. The first-order valence-electron chi connectivity index (χ1n) is 4.02. The number of benzene rings is 1. The molecule has 0 unspecified atom stereocenters. The lowest BCUT2D eigenvalue weighted by atomic mass is 10.2. The van der Waals surface area contributed by atoms with E-state index >= 15 is 0 Å². The Morgan fingerprint density at radius 2 is 2.13 bits per heavy atom. The zero-order valence-electron chi connectivity index (χ0n) is 7.75. The van der Waals surface area contributed by atoms with E-state index in [2.05, 4.69) is 10.2 Å². The predicted octanol–water partition coefficient (Wildman–Crippen LogP) is -1.72. The summed E-state index contributed by atoms with van der Waals surface area (Å²) in [7, 11) is 0. The van der Waals surface area contributed by atoms with Crippen LogP contribution < -0.4 is 16.6 Å². The van der Waals surface area contributed by atoms with E-state index in [-0.39, 0.29) is 11.6 Å². The van der Waals surface area contributed by atoms with E-state index in [1.807, 2.05) is 0 Å². The Bertz CT molecular complexity index is 423. The third kappa shape index (κ3) is 3.07. The zero-order chi connectivity index (χ0) is 11.3. The maximum atomic E-state index is 10.6. The highest BCUT2D eigenvalue weighted by Gasteiger charge is 2.11. The maximum Gasteiger partial charge on any atom is 0.282 e. The second kappa shape index (κ2) is 4.70. The lowest BCUT2D eigenvalue weighted by Gasteiger charge is -1.91. The second-order valence-electron chi connectivity index (χ2n) is 2.63. The first kappa shape index (κ1) is 10.6. The van der Waals surface area contributed by atoms with Crippen LogP contribution in [0.4, 0.5) is 5.69 Å². The Kier molecular flexibility index (Phi) is 3.33. The molecule has 7 heteroatoms. The summed E-state index contributed by atoms with van der Waals surface area (Å²) in [6, 6.07) is 6.22. The molecule has 0 saturated heterocycles. The molecule has 0 spiro atoms. The first-order valence-corrected chi connectivity index (χ1v) is 4.02. The number of nitro groups is 1. The van der Waals surface area contributed by atoms with Gasteiger partial charge in [0, 0.05) is 11.2 Å². The van der Waals surface area contributed by atoms with Gasteiger partial charge in [-0.15, -0.1) is 5.10 Å². The van der Waals surface area contributed by atoms with Crippen molar-refractivity contribution >= 4 is 17.9 Å². The van der Waals surface area contributed by atoms with Gasteiger partial charge < -0.3 is 11.5 Å². The second-order valence-corrected chi connectivity index (χ2v) is 2.63. The van der Waals surface area contributed by atoms with Gasteiger partial charge in [-0.05, 0) is 6.07 Å². The first-order chi connectivity index (χ1) is 7.11. The van der Waals surface area contributed by atoms with Crippen LogP contribution in [0.15, 0.2) is 29.4 Å². The van der Waals surface area contributed by atoms with Crippen LogP contribution in [-0.4, -0.2) is 17.1 Å². The number of nitrogens with two attached hydrogens (primary N) is 2. The largest absolute Gasteiger partial charge is 0.365 e. The lowest BCUT2D eigenvalue weighted by Crippen LogP contribution is -2.63. The molecule has 1 aromatic rings. The smallest absolute Gasteiger partial charge is 0.282 e. The summed E-state index contributed by atoms with van der Waals surface area (Å²) < 4.78 is 0. The predicted molar refractivity (Wildman–Crippen MR) is 55.0 cm³/mol. The number of nitrogens with zero attached hydrogens (tertiary/aromatic N) is 2. The molecule has 0 aliphatic rings. The normalized spacial score (nSPS) is 10.1. The molecule has 0 atom stereocenters. The highest BCUT2D eigenvalue weighted by Crippen LogP contribution is 2.13. The van der Waals surface area contributed by atoms with E-state index in [9.17, 15) is 10.1 Å². The fourth-order valence-electron chi connectivity index (χ4n) is 0.952. The van der Waals surface area contributed by atoms with Gasteiger partial charge in [-0.2, -0.15) is 0 Å². The van der Waals surface area contributed by atoms with E-state index in [4.69, 9.17) is 11.5 Å². The molecule has 15 heavy (non-hydrogen) atoms. The summed E-state index contributed by atoms with van der Waals surface area (Å²) in [6.07, 6.45) is 1.35. The average molecular weight is 208 g/mol. The van der Waals surface area contributed by atoms with E-state index in [0.29, 0.717) is 5.56 Å². The topological polar surface area (TPSA) is 122 Å². The van der Waals surface area contributed by atoms with Crippen molar-refractivity contribution in [3.8, 4) is 0 Å². The number of rotatable bonds is 3. The molecule has 0 aromatic heterocycles. The molecule has 78 valence electrons. The van der Waals surface area contributed by atoms with Crippen molar-refractivity contribution < 1.29 is 10.0 Å². The maximum absolute atomic E-state index is 10.6. The molecular formula is C8H10N5O2+. The minimum absolute atomic E-state index is 0.0178. The van der Waals surface area contributed by atoms with Crippen molar-refractivity contribution in [1.29, 1.82) is 0 Å². The van der Waals surface area contributed by atoms with Crippen LogP contribution >= 0.6 is 0 Å². The third-order valence-electron chi connectivity index (χ3n) is 1.55. The van der Waals surface area contributed by atoms with Crippen LogP contribution in [0.2, 0.25) is 0 Å². The van der Waals surface area contributed by atoms with Crippen LogP contribution in [0.5, 0.6) is 0 Å². The molecule has 0 heterocycles. The van der Waals surface area contributed by atoms with Gasteiger partial charge in [0.05, 0.1) is 4.92 Å². The number of guanidine groups is 1. The summed E-state index contributed by atoms with van der Waals surface area (Å²) in [5.41, 5.74) is 10.5. The van der Waals surface area contributed by atoms with Gasteiger partial charge >= 0.3 is 0 Å². The molecule has 0 aliphatic heterocycles. The van der Waals surface area contributed by atoms with Crippen LogP contribution in [0.3, 0.4) is 0 Å². The molecule has 7 nitrogen and oxygen atoms in total. The van der Waals surface area contributed by atoms with Gasteiger partial charge in [-0.3, -0.25) is 10.1 Å². The van der Waals surface area contributed by atoms with Gasteiger partial charge in [0.2, 0.25) is 6.21 Å². The Morgan fingerprint density at radius 3 is 2.73 bits per heavy atom. The number of hydrogen-bond donors (Lipinski definition) is 3. The summed E-state index contributed by atoms with van der Waals surface area (Å²) in [4.78, 5) is 10.1. The fraction of sp³-hybridized carbons (Fsp3) is 0. The molecule has 1 aromatic carbocycles. The van der Waals surface area contributed by atoms with Crippen molar-refractivity contribution in [3.05, 3.63) is 39.9 Å². The van der Waals surface area contributed by atoms with E-state index in [0.717, 1.165) is 0 Å². The van der Waals surface area contributed by atoms with Gasteiger partial charge in [0.25, 0.3) is 11.6 Å². The highest BCUT2D eigenvalue weighted by molar-refractivity contribution is 5.81. The standard InChI is InChI=1S/C8H9N5O2/c9-8(10)12-11-5-6-3-1-2-4-7(6)13(14)15/h1-5H,(H4,9,10,12)/p+1/b11-5-. The minimum Gasteiger partial charge on any atom is -0.365 e. The SMILES string of the molecule is NC(N)=N/[NH+]=C\c1ccccc1[N+](=O)[O-]. The molecular weight excluding hydrogens is 198 g/mol. The number of hydrogen-bond acceptors (Lipinski definition) is 3. The molecule has 5 N–H and O–H groups in total. The third-order valence-corrected chi connectivity index (χ3v) is 1.55. The lowest BCUT2D eigenvalue weighted by molar-refractivity contribution is -0.457. The Morgan fingerprint density at radius 1 is 1.47 bits per heavy atom. The van der Waals surface area contributed by atoms with Crippen LogP contribution in [-0.2, 0) is 0 Å². The van der Waals surface area contributed by atoms with Crippen molar-refractivity contribution in [2.45, 2.75) is 0 Å². The highest BCUT2D eigenvalue weighted by atomic mass is 16.6. The fourth-order valence-corrected chi connectivity index (χ4v) is 0.952. The Balaban J connectivity index is 2.99. The van der Waals surface area contributed by atoms with E-state index in [1.54, 1.807) is 18.2 Å². The minimum atomic E-state index is -0.483. The van der Waals surface area contributed by atoms with E-state index < -0.39 is 4.92 Å². The van der Waals surface area contributed by atoms with Gasteiger partial charge in [0.1, 0.15) is 5.56 Å². The van der Waals surface area contributed by atoms with Crippen LogP contribution in [0.25, 0.3) is 0 Å². The average Bonchev–Trinajstić information content (AvgIpc) is 2.17. The van der Waals surface area contributed by atoms with Crippen LogP contribution in [0.1, 0.15) is 5.56 Å². The van der Waals surface area contributed by atoms with Crippen molar-refractivity contribution in [2.75, 3.05) is 0 Å². The quantitative estimate of drug-likeness (QED) is 0.237. The number of hydrazone groups is 1. The molecule has 0 amide bonds. The molecule has 0 bridgehead atoms. The molecule has 1 rings (SSSR count). The van der Waals surface area contributed by atoms with Crippen molar-refractivity contribution in [3.63, 3.8) is 0 Å². The van der Waals surface area contributed by atoms with Crippen LogP contribution in [0, 0.1) is 10.1 Å². The van der Waals surface area contributed by atoms with E-state index in [1.165, 1.54) is 12.3 Å². The Labute approximate surface area is 85.3 Å². The number of nitrogens with one attached hydrogen (secondary N) is 1. The summed E-state index contributed by atoms with van der Waals surface area (Å²) in [6.45, 7) is 0. The number of nitro benzene ring substituents is 1. The number of para-hydroxylation sites is 1. The molecule has 0 radical (unpaired) electrons. The zero-order valence-corrected chi connectivity index (χ0v) is 7.75. The van der Waals surface area contributed by atoms with Gasteiger partial charge in [-0.25, -0.2) is 0 Å². The molecule has 0 saturated carbocycles.